The molecule has 1 heterocycles. The zero-order valence-corrected chi connectivity index (χ0v) is 12.4. The summed E-state index contributed by atoms with van der Waals surface area (Å²) in [6.07, 6.45) is 3.17. The molecule has 2 N–H and O–H groups in total. The fraction of sp³-hybridized carbons (Fsp3) is 0.438. The van der Waals surface area contributed by atoms with Crippen LogP contribution in [0.25, 0.3) is 0 Å². The van der Waals surface area contributed by atoms with Crippen molar-refractivity contribution in [1.82, 2.24) is 4.90 Å². The fourth-order valence-electron chi connectivity index (χ4n) is 2.59. The maximum absolute atomic E-state index is 12.5. The highest BCUT2D eigenvalue weighted by Gasteiger charge is 2.28. The maximum atomic E-state index is 12.5. The van der Waals surface area contributed by atoms with Gasteiger partial charge in [-0.05, 0) is 37.5 Å². The summed E-state index contributed by atoms with van der Waals surface area (Å²) in [6, 6.07) is 5.64. The molecular formula is C16H19ClN2O. The minimum absolute atomic E-state index is 0.0644. The molecule has 106 valence electrons. The van der Waals surface area contributed by atoms with E-state index in [1.54, 1.807) is 18.2 Å². The zero-order valence-electron chi connectivity index (χ0n) is 11.7. The van der Waals surface area contributed by atoms with Gasteiger partial charge in [0.25, 0.3) is 5.91 Å². The van der Waals surface area contributed by atoms with Gasteiger partial charge in [0.05, 0.1) is 11.6 Å². The highest BCUT2D eigenvalue weighted by molar-refractivity contribution is 6.32. The Labute approximate surface area is 125 Å². The van der Waals surface area contributed by atoms with E-state index >= 15 is 0 Å². The minimum atomic E-state index is 0.0644. The number of benzene rings is 1. The Hall–Kier alpha value is -1.50. The Bertz CT molecular complexity index is 559. The number of hydrogen-bond donors (Lipinski definition) is 1. The zero-order chi connectivity index (χ0) is 14.5. The number of nitrogens with two attached hydrogens (primary N) is 1. The van der Waals surface area contributed by atoms with Crippen LogP contribution in [0.3, 0.4) is 0 Å². The standard InChI is InChI=1S/C16H19ClN2O/c1-2-14-6-4-10-19(14)16(20)13-8-7-12(5-3-9-18)15(17)11-13/h7-8,11,14H,2,4,6,9-10,18H2,1H3. The molecule has 3 nitrogen and oxygen atoms in total. The number of likely N-dealkylation sites (tertiary alicyclic amines) is 1. The molecule has 1 fully saturated rings. The first kappa shape index (κ1) is 14.9. The van der Waals surface area contributed by atoms with E-state index in [-0.39, 0.29) is 5.91 Å². The van der Waals surface area contributed by atoms with Gasteiger partial charge in [-0.3, -0.25) is 4.79 Å². The fourth-order valence-corrected chi connectivity index (χ4v) is 2.82. The molecule has 0 aliphatic carbocycles. The second-order valence-electron chi connectivity index (χ2n) is 4.90. The quantitative estimate of drug-likeness (QED) is 0.851. The molecule has 2 rings (SSSR count). The lowest BCUT2D eigenvalue weighted by atomic mass is 10.1. The van der Waals surface area contributed by atoms with E-state index in [0.29, 0.717) is 28.7 Å². The predicted molar refractivity (Wildman–Crippen MR) is 81.7 cm³/mol. The van der Waals surface area contributed by atoms with Gasteiger partial charge in [-0.2, -0.15) is 0 Å². The Morgan fingerprint density at radius 3 is 3.00 bits per heavy atom. The molecule has 0 radical (unpaired) electrons. The number of nitrogens with zero attached hydrogens (tertiary/aromatic N) is 1. The topological polar surface area (TPSA) is 46.3 Å². The summed E-state index contributed by atoms with van der Waals surface area (Å²) in [4.78, 5) is 14.5. The van der Waals surface area contributed by atoms with E-state index in [9.17, 15) is 4.79 Å². The maximum Gasteiger partial charge on any atom is 0.254 e. The summed E-state index contributed by atoms with van der Waals surface area (Å²) >= 11 is 6.17. The molecule has 0 aromatic heterocycles. The largest absolute Gasteiger partial charge is 0.336 e. The Morgan fingerprint density at radius 2 is 2.35 bits per heavy atom. The molecule has 1 amide bonds. The number of amides is 1. The van der Waals surface area contributed by atoms with Crippen LogP contribution >= 0.6 is 11.6 Å². The summed E-state index contributed by atoms with van der Waals surface area (Å²) in [5.74, 6) is 5.72. The van der Waals surface area contributed by atoms with Crippen molar-refractivity contribution >= 4 is 17.5 Å². The third-order valence-corrected chi connectivity index (χ3v) is 3.96. The van der Waals surface area contributed by atoms with Crippen molar-refractivity contribution in [1.29, 1.82) is 0 Å². The third kappa shape index (κ3) is 3.15. The van der Waals surface area contributed by atoms with Crippen molar-refractivity contribution in [3.63, 3.8) is 0 Å². The van der Waals surface area contributed by atoms with Crippen LogP contribution in [-0.4, -0.2) is 29.9 Å². The highest BCUT2D eigenvalue weighted by atomic mass is 35.5. The normalized spacial score (nSPS) is 17.8. The van der Waals surface area contributed by atoms with Crippen molar-refractivity contribution in [2.24, 2.45) is 5.73 Å². The number of carbonyl (C=O) groups is 1. The number of hydrogen-bond acceptors (Lipinski definition) is 2. The summed E-state index contributed by atoms with van der Waals surface area (Å²) in [6.45, 7) is 3.25. The van der Waals surface area contributed by atoms with Gasteiger partial charge in [0.2, 0.25) is 0 Å². The van der Waals surface area contributed by atoms with E-state index in [2.05, 4.69) is 18.8 Å². The monoisotopic (exact) mass is 290 g/mol. The van der Waals surface area contributed by atoms with Crippen LogP contribution in [0.4, 0.5) is 0 Å². The molecule has 1 aromatic rings. The molecule has 0 spiro atoms. The number of halogens is 1. The van der Waals surface area contributed by atoms with Crippen molar-refractivity contribution in [3.05, 3.63) is 34.3 Å². The molecule has 0 bridgehead atoms. The third-order valence-electron chi connectivity index (χ3n) is 3.65. The Kier molecular flexibility index (Phi) is 5.05. The molecule has 20 heavy (non-hydrogen) atoms. The van der Waals surface area contributed by atoms with Gasteiger partial charge in [0.15, 0.2) is 0 Å². The Balaban J connectivity index is 2.21. The average molecular weight is 291 g/mol. The van der Waals surface area contributed by atoms with Crippen LogP contribution in [-0.2, 0) is 0 Å². The first-order valence-electron chi connectivity index (χ1n) is 6.96. The van der Waals surface area contributed by atoms with E-state index in [4.69, 9.17) is 17.3 Å². The second kappa shape index (κ2) is 6.78. The van der Waals surface area contributed by atoms with E-state index in [1.165, 1.54) is 0 Å². The van der Waals surface area contributed by atoms with Crippen LogP contribution in [0, 0.1) is 11.8 Å². The van der Waals surface area contributed by atoms with E-state index in [0.717, 1.165) is 25.8 Å². The van der Waals surface area contributed by atoms with Crippen LogP contribution < -0.4 is 5.73 Å². The number of rotatable bonds is 2. The average Bonchev–Trinajstić information content (AvgIpc) is 2.93. The number of carbonyl (C=O) groups excluding carboxylic acids is 1. The van der Waals surface area contributed by atoms with Crippen molar-refractivity contribution in [2.45, 2.75) is 32.2 Å². The van der Waals surface area contributed by atoms with E-state index < -0.39 is 0 Å². The van der Waals surface area contributed by atoms with Gasteiger partial charge >= 0.3 is 0 Å². The molecule has 1 saturated heterocycles. The predicted octanol–water partition coefficient (Wildman–Crippen LogP) is 2.66. The molecule has 0 saturated carbocycles. The van der Waals surface area contributed by atoms with Crippen LogP contribution in [0.1, 0.15) is 42.1 Å². The van der Waals surface area contributed by atoms with Crippen molar-refractivity contribution in [2.75, 3.05) is 13.1 Å². The minimum Gasteiger partial charge on any atom is -0.336 e. The van der Waals surface area contributed by atoms with Crippen molar-refractivity contribution < 1.29 is 4.79 Å². The molecular weight excluding hydrogens is 272 g/mol. The van der Waals surface area contributed by atoms with Gasteiger partial charge in [-0.15, -0.1) is 0 Å². The van der Waals surface area contributed by atoms with Crippen LogP contribution in [0.5, 0.6) is 0 Å². The van der Waals surface area contributed by atoms with Gasteiger partial charge in [-0.25, -0.2) is 0 Å². The SMILES string of the molecule is CCC1CCCN1C(=O)c1ccc(C#CCN)c(Cl)c1. The van der Waals surface area contributed by atoms with Crippen LogP contribution in [0.15, 0.2) is 18.2 Å². The lowest BCUT2D eigenvalue weighted by Gasteiger charge is -2.23. The smallest absolute Gasteiger partial charge is 0.254 e. The summed E-state index contributed by atoms with van der Waals surface area (Å²) in [5, 5.41) is 0.504. The van der Waals surface area contributed by atoms with Gasteiger partial charge in [0.1, 0.15) is 0 Å². The Morgan fingerprint density at radius 1 is 1.55 bits per heavy atom. The molecule has 1 aromatic carbocycles. The second-order valence-corrected chi connectivity index (χ2v) is 5.31. The lowest BCUT2D eigenvalue weighted by Crippen LogP contribution is -2.35. The van der Waals surface area contributed by atoms with Crippen molar-refractivity contribution in [3.8, 4) is 11.8 Å². The molecule has 4 heteroatoms. The van der Waals surface area contributed by atoms with E-state index in [1.807, 2.05) is 4.90 Å². The summed E-state index contributed by atoms with van der Waals surface area (Å²) in [5.41, 5.74) is 6.68. The molecule has 1 unspecified atom stereocenters. The lowest BCUT2D eigenvalue weighted by molar-refractivity contribution is 0.0733. The van der Waals surface area contributed by atoms with Gasteiger partial charge in [0, 0.05) is 23.7 Å². The molecule has 1 aliphatic rings. The molecule has 1 atom stereocenters. The highest BCUT2D eigenvalue weighted by Crippen LogP contribution is 2.24. The first-order chi connectivity index (χ1) is 9.67. The van der Waals surface area contributed by atoms with Gasteiger partial charge in [-0.1, -0.05) is 30.4 Å². The summed E-state index contributed by atoms with van der Waals surface area (Å²) < 4.78 is 0. The summed E-state index contributed by atoms with van der Waals surface area (Å²) in [7, 11) is 0. The van der Waals surface area contributed by atoms with Gasteiger partial charge < -0.3 is 10.6 Å². The molecule has 1 aliphatic heterocycles. The first-order valence-corrected chi connectivity index (χ1v) is 7.34. The van der Waals surface area contributed by atoms with Crippen LogP contribution in [0.2, 0.25) is 5.02 Å².